The van der Waals surface area contributed by atoms with E-state index in [1.807, 2.05) is 59.4 Å². The van der Waals surface area contributed by atoms with E-state index in [2.05, 4.69) is 10.6 Å². The van der Waals surface area contributed by atoms with Crippen LogP contribution in [-0.2, 0) is 23.2 Å². The average molecular weight is 440 g/mol. The maximum atomic E-state index is 13.4. The average Bonchev–Trinajstić information content (AvgIpc) is 3.56. The summed E-state index contributed by atoms with van der Waals surface area (Å²) >= 11 is 1.56. The molecule has 0 spiro atoms. The number of benzene rings is 1. The molecule has 1 heterocycles. The molecule has 1 aromatic heterocycles. The molecule has 2 saturated carbocycles. The van der Waals surface area contributed by atoms with Crippen molar-refractivity contribution in [2.24, 2.45) is 7.05 Å². The van der Waals surface area contributed by atoms with Gasteiger partial charge in [-0.1, -0.05) is 37.5 Å². The Bertz CT molecular complexity index is 872. The number of hydrogen-bond donors (Lipinski definition) is 0. The molecule has 0 aliphatic heterocycles. The molecule has 166 valence electrons. The largest absolute Gasteiger partial charge is 0.353 e. The molecule has 2 amide bonds. The summed E-state index contributed by atoms with van der Waals surface area (Å²) in [6, 6.07) is 14.6. The Kier molecular flexibility index (Phi) is 7.38. The summed E-state index contributed by atoms with van der Waals surface area (Å²) in [6.07, 6.45) is 9.69. The summed E-state index contributed by atoms with van der Waals surface area (Å²) in [5.74, 6) is 0.561. The van der Waals surface area contributed by atoms with E-state index in [-0.39, 0.29) is 24.4 Å². The van der Waals surface area contributed by atoms with Crippen molar-refractivity contribution >= 4 is 23.6 Å². The van der Waals surface area contributed by atoms with Gasteiger partial charge in [0, 0.05) is 35.9 Å². The second-order valence-electron chi connectivity index (χ2n) is 8.78. The van der Waals surface area contributed by atoms with Crippen molar-refractivity contribution in [2.45, 2.75) is 68.5 Å². The van der Waals surface area contributed by atoms with Gasteiger partial charge in [0.05, 0.1) is 12.3 Å². The number of hydrogen-bond acceptors (Lipinski definition) is 3. The van der Waals surface area contributed by atoms with Gasteiger partial charge < -0.3 is 14.4 Å². The predicted molar refractivity (Wildman–Crippen MR) is 125 cm³/mol. The van der Waals surface area contributed by atoms with Gasteiger partial charge in [0.15, 0.2) is 0 Å². The highest BCUT2D eigenvalue weighted by Crippen LogP contribution is 2.30. The lowest BCUT2D eigenvalue weighted by atomic mass is 9.94. The summed E-state index contributed by atoms with van der Waals surface area (Å²) in [6.45, 7) is 0.832. The van der Waals surface area contributed by atoms with Gasteiger partial charge in [-0.2, -0.15) is 0 Å². The minimum absolute atomic E-state index is 0.0868. The summed E-state index contributed by atoms with van der Waals surface area (Å²) in [5, 5.41) is 0. The first kappa shape index (κ1) is 22.0. The summed E-state index contributed by atoms with van der Waals surface area (Å²) in [4.78, 5) is 31.7. The number of amides is 2. The van der Waals surface area contributed by atoms with E-state index in [1.54, 1.807) is 11.8 Å². The Balaban J connectivity index is 1.44. The highest BCUT2D eigenvalue weighted by molar-refractivity contribution is 8.00. The van der Waals surface area contributed by atoms with Crippen LogP contribution in [0.5, 0.6) is 0 Å². The predicted octanol–water partition coefficient (Wildman–Crippen LogP) is 4.47. The Morgan fingerprint density at radius 3 is 2.26 bits per heavy atom. The van der Waals surface area contributed by atoms with Crippen molar-refractivity contribution in [1.82, 2.24) is 14.4 Å². The number of nitrogens with zero attached hydrogens (tertiary/aromatic N) is 3. The Hall–Kier alpha value is -2.21. The SMILES string of the molecule is Cn1cccc1CN(C(=O)CN(C(=O)CSc1ccccc1)C1CCCCC1)C1CC1. The minimum Gasteiger partial charge on any atom is -0.353 e. The highest BCUT2D eigenvalue weighted by Gasteiger charge is 2.35. The van der Waals surface area contributed by atoms with Crippen LogP contribution in [0.3, 0.4) is 0 Å². The van der Waals surface area contributed by atoms with Crippen LogP contribution < -0.4 is 0 Å². The molecule has 0 N–H and O–H groups in total. The van der Waals surface area contributed by atoms with E-state index in [0.717, 1.165) is 49.1 Å². The lowest BCUT2D eigenvalue weighted by molar-refractivity contribution is -0.142. The maximum Gasteiger partial charge on any atom is 0.242 e. The van der Waals surface area contributed by atoms with Gasteiger partial charge in [0.25, 0.3) is 0 Å². The monoisotopic (exact) mass is 439 g/mol. The van der Waals surface area contributed by atoms with E-state index in [1.165, 1.54) is 6.42 Å². The van der Waals surface area contributed by atoms with Gasteiger partial charge in [-0.25, -0.2) is 0 Å². The Morgan fingerprint density at radius 2 is 1.61 bits per heavy atom. The fourth-order valence-electron chi connectivity index (χ4n) is 4.44. The van der Waals surface area contributed by atoms with Crippen LogP contribution in [0.25, 0.3) is 0 Å². The number of rotatable bonds is 9. The fourth-order valence-corrected chi connectivity index (χ4v) is 5.24. The molecule has 6 heteroatoms. The van der Waals surface area contributed by atoms with Crippen LogP contribution in [-0.4, -0.2) is 50.6 Å². The van der Waals surface area contributed by atoms with Gasteiger partial charge in [0.1, 0.15) is 6.54 Å². The first-order valence-corrected chi connectivity index (χ1v) is 12.5. The van der Waals surface area contributed by atoms with Crippen molar-refractivity contribution in [1.29, 1.82) is 0 Å². The highest BCUT2D eigenvalue weighted by atomic mass is 32.2. The molecule has 0 saturated heterocycles. The van der Waals surface area contributed by atoms with Gasteiger partial charge in [0.2, 0.25) is 11.8 Å². The zero-order valence-electron chi connectivity index (χ0n) is 18.4. The number of aryl methyl sites for hydroxylation is 1. The molecule has 2 fully saturated rings. The fraction of sp³-hybridized carbons (Fsp3) is 0.520. The second kappa shape index (κ2) is 10.4. The molecule has 4 rings (SSSR count). The zero-order chi connectivity index (χ0) is 21.6. The van der Waals surface area contributed by atoms with E-state index in [0.29, 0.717) is 18.3 Å². The first-order valence-electron chi connectivity index (χ1n) is 11.5. The summed E-state index contributed by atoms with van der Waals surface area (Å²) in [5.41, 5.74) is 1.13. The topological polar surface area (TPSA) is 45.6 Å². The number of aromatic nitrogens is 1. The van der Waals surface area contributed by atoms with Crippen molar-refractivity contribution in [3.8, 4) is 0 Å². The molecular formula is C25H33N3O2S. The lowest BCUT2D eigenvalue weighted by Gasteiger charge is -2.35. The number of carbonyl (C=O) groups is 2. The van der Waals surface area contributed by atoms with Crippen molar-refractivity contribution < 1.29 is 9.59 Å². The molecule has 5 nitrogen and oxygen atoms in total. The smallest absolute Gasteiger partial charge is 0.242 e. The molecule has 2 aliphatic carbocycles. The van der Waals surface area contributed by atoms with Crippen LogP contribution in [0.1, 0.15) is 50.6 Å². The molecule has 2 aromatic rings. The minimum atomic E-state index is 0.0868. The van der Waals surface area contributed by atoms with Gasteiger partial charge >= 0.3 is 0 Å². The third-order valence-electron chi connectivity index (χ3n) is 6.44. The summed E-state index contributed by atoms with van der Waals surface area (Å²) in [7, 11) is 2.02. The first-order chi connectivity index (χ1) is 15.1. The van der Waals surface area contributed by atoms with E-state index < -0.39 is 0 Å². The molecular weight excluding hydrogens is 406 g/mol. The molecule has 2 aliphatic rings. The third kappa shape index (κ3) is 5.94. The van der Waals surface area contributed by atoms with Gasteiger partial charge in [-0.3, -0.25) is 9.59 Å². The molecule has 0 bridgehead atoms. The molecule has 0 unspecified atom stereocenters. The Morgan fingerprint density at radius 1 is 0.903 bits per heavy atom. The van der Waals surface area contributed by atoms with Crippen LogP contribution in [0.2, 0.25) is 0 Å². The molecule has 1 aromatic carbocycles. The molecule has 31 heavy (non-hydrogen) atoms. The normalized spacial score (nSPS) is 16.8. The summed E-state index contributed by atoms with van der Waals surface area (Å²) < 4.78 is 2.07. The van der Waals surface area contributed by atoms with Crippen molar-refractivity contribution in [3.05, 3.63) is 54.4 Å². The number of thioether (sulfide) groups is 1. The maximum absolute atomic E-state index is 13.4. The second-order valence-corrected chi connectivity index (χ2v) is 9.83. The van der Waals surface area contributed by atoms with Crippen molar-refractivity contribution in [2.75, 3.05) is 12.3 Å². The van der Waals surface area contributed by atoms with E-state index in [9.17, 15) is 9.59 Å². The Labute approximate surface area is 189 Å². The van der Waals surface area contributed by atoms with Crippen LogP contribution in [0, 0.1) is 0 Å². The standard InChI is InChI=1S/C25H33N3O2S/c1-26-16-8-11-22(26)17-27(21-14-15-21)24(29)18-28(20-9-4-2-5-10-20)25(30)19-31-23-12-6-3-7-13-23/h3,6-8,11-13,16,20-21H,2,4-5,9-10,14-15,17-19H2,1H3. The zero-order valence-corrected chi connectivity index (χ0v) is 19.2. The number of carbonyl (C=O) groups excluding carboxylic acids is 2. The lowest BCUT2D eigenvalue weighted by Crippen LogP contribution is -2.49. The van der Waals surface area contributed by atoms with Crippen LogP contribution >= 0.6 is 11.8 Å². The van der Waals surface area contributed by atoms with Gasteiger partial charge in [-0.05, 0) is 49.9 Å². The molecule has 0 radical (unpaired) electrons. The van der Waals surface area contributed by atoms with Crippen LogP contribution in [0.15, 0.2) is 53.6 Å². The van der Waals surface area contributed by atoms with Gasteiger partial charge in [-0.15, -0.1) is 11.8 Å². The third-order valence-corrected chi connectivity index (χ3v) is 7.44. The van der Waals surface area contributed by atoms with Crippen molar-refractivity contribution in [3.63, 3.8) is 0 Å². The van der Waals surface area contributed by atoms with Crippen LogP contribution in [0.4, 0.5) is 0 Å². The van der Waals surface area contributed by atoms with E-state index >= 15 is 0 Å². The quantitative estimate of drug-likeness (QED) is 0.542. The molecule has 0 atom stereocenters. The van der Waals surface area contributed by atoms with E-state index in [4.69, 9.17) is 0 Å².